The number of hydrogen-bond donors (Lipinski definition) is 0. The molecule has 0 spiro atoms. The predicted octanol–water partition coefficient (Wildman–Crippen LogP) is 1.41. The molecule has 0 bridgehead atoms. The molecule has 0 radical (unpaired) electrons. The largest absolute Gasteiger partial charge is 0.340 e. The van der Waals surface area contributed by atoms with Gasteiger partial charge < -0.3 is 4.90 Å². The average Bonchev–Trinajstić information content (AvgIpc) is 2.05. The van der Waals surface area contributed by atoms with E-state index in [1.165, 1.54) is 0 Å². The first-order chi connectivity index (χ1) is 5.74. The molecule has 1 rings (SSSR count). The second-order valence-corrected chi connectivity index (χ2v) is 2.67. The number of likely N-dealkylation sites (N-methyl/N-ethyl adjacent to an activating group) is 1. The quantitative estimate of drug-likeness (QED) is 0.631. The third-order valence-electron chi connectivity index (χ3n) is 1.53. The van der Waals surface area contributed by atoms with E-state index in [9.17, 15) is 0 Å². The second-order valence-electron chi connectivity index (χ2n) is 2.67. The fourth-order valence-electron chi connectivity index (χ4n) is 0.895. The number of rotatable bonds is 3. The predicted molar refractivity (Wildman–Crippen MR) is 50.2 cm³/mol. The molecule has 0 amide bonds. The van der Waals surface area contributed by atoms with Gasteiger partial charge in [-0.1, -0.05) is 6.08 Å². The van der Waals surface area contributed by atoms with Gasteiger partial charge in [0.05, 0.1) is 0 Å². The van der Waals surface area contributed by atoms with Crippen molar-refractivity contribution in [3.05, 3.63) is 30.6 Å². The van der Waals surface area contributed by atoms with Crippen molar-refractivity contribution < 1.29 is 0 Å². The van der Waals surface area contributed by atoms with Gasteiger partial charge in [-0.2, -0.15) is 0 Å². The lowest BCUT2D eigenvalue weighted by Gasteiger charge is -2.13. The Labute approximate surface area is 72.8 Å². The van der Waals surface area contributed by atoms with Gasteiger partial charge in [0, 0.05) is 25.5 Å². The highest BCUT2D eigenvalue weighted by molar-refractivity contribution is 5.29. The molecule has 0 unspecified atom stereocenters. The number of anilines is 1. The van der Waals surface area contributed by atoms with Gasteiger partial charge in [-0.15, -0.1) is 6.58 Å². The molecule has 1 aromatic rings. The van der Waals surface area contributed by atoms with Crippen molar-refractivity contribution in [1.82, 2.24) is 9.97 Å². The van der Waals surface area contributed by atoms with Gasteiger partial charge >= 0.3 is 0 Å². The van der Waals surface area contributed by atoms with Crippen LogP contribution in [-0.2, 0) is 0 Å². The van der Waals surface area contributed by atoms with Gasteiger partial charge in [0.15, 0.2) is 0 Å². The Kier molecular flexibility index (Phi) is 2.80. The summed E-state index contributed by atoms with van der Waals surface area (Å²) in [6.07, 6.45) is 3.59. The first kappa shape index (κ1) is 8.71. The first-order valence-corrected chi connectivity index (χ1v) is 3.85. The van der Waals surface area contributed by atoms with Gasteiger partial charge in [-0.25, -0.2) is 9.97 Å². The van der Waals surface area contributed by atoms with E-state index in [0.29, 0.717) is 0 Å². The van der Waals surface area contributed by atoms with Crippen LogP contribution in [0.5, 0.6) is 0 Å². The minimum atomic E-state index is 0.745. The minimum absolute atomic E-state index is 0.745. The zero-order valence-corrected chi connectivity index (χ0v) is 7.49. The SMILES string of the molecule is C=CCN(C)c1nccc(C)n1. The molecule has 1 heterocycles. The van der Waals surface area contributed by atoms with E-state index in [1.807, 2.05) is 31.0 Å². The van der Waals surface area contributed by atoms with E-state index in [0.717, 1.165) is 18.2 Å². The van der Waals surface area contributed by atoms with Gasteiger partial charge in [0.2, 0.25) is 5.95 Å². The second kappa shape index (κ2) is 3.85. The minimum Gasteiger partial charge on any atom is -0.340 e. The molecular weight excluding hydrogens is 150 g/mol. The van der Waals surface area contributed by atoms with Crippen LogP contribution in [0.2, 0.25) is 0 Å². The Balaban J connectivity index is 2.80. The maximum Gasteiger partial charge on any atom is 0.225 e. The lowest BCUT2D eigenvalue weighted by atomic mass is 10.4. The number of aromatic nitrogens is 2. The molecule has 0 fully saturated rings. The van der Waals surface area contributed by atoms with Gasteiger partial charge in [-0.05, 0) is 13.0 Å². The number of aryl methyl sites for hydroxylation is 1. The van der Waals surface area contributed by atoms with Crippen molar-refractivity contribution in [3.8, 4) is 0 Å². The fraction of sp³-hybridized carbons (Fsp3) is 0.333. The monoisotopic (exact) mass is 163 g/mol. The van der Waals surface area contributed by atoms with Gasteiger partial charge in [0.1, 0.15) is 0 Å². The van der Waals surface area contributed by atoms with E-state index in [-0.39, 0.29) is 0 Å². The maximum atomic E-state index is 4.26. The summed E-state index contributed by atoms with van der Waals surface area (Å²) in [4.78, 5) is 10.3. The molecule has 0 N–H and O–H groups in total. The van der Waals surface area contributed by atoms with Crippen LogP contribution in [0.4, 0.5) is 5.95 Å². The van der Waals surface area contributed by atoms with Crippen LogP contribution in [0.1, 0.15) is 5.69 Å². The van der Waals surface area contributed by atoms with Crippen molar-refractivity contribution in [2.45, 2.75) is 6.92 Å². The molecule has 64 valence electrons. The summed E-state index contributed by atoms with van der Waals surface area (Å²) in [5, 5.41) is 0. The molecule has 0 aromatic carbocycles. The van der Waals surface area contributed by atoms with E-state index in [1.54, 1.807) is 6.20 Å². The summed E-state index contributed by atoms with van der Waals surface area (Å²) >= 11 is 0. The molecule has 3 nitrogen and oxygen atoms in total. The summed E-state index contributed by atoms with van der Waals surface area (Å²) in [7, 11) is 1.94. The van der Waals surface area contributed by atoms with Crippen LogP contribution in [0, 0.1) is 6.92 Å². The summed E-state index contributed by atoms with van der Waals surface area (Å²) in [6.45, 7) is 6.37. The molecule has 0 aliphatic rings. The van der Waals surface area contributed by atoms with E-state index >= 15 is 0 Å². The summed E-state index contributed by atoms with van der Waals surface area (Å²) < 4.78 is 0. The molecule has 0 saturated carbocycles. The van der Waals surface area contributed by atoms with Crippen LogP contribution >= 0.6 is 0 Å². The lowest BCUT2D eigenvalue weighted by Crippen LogP contribution is -2.19. The maximum absolute atomic E-state index is 4.26. The van der Waals surface area contributed by atoms with Crippen molar-refractivity contribution in [1.29, 1.82) is 0 Å². The van der Waals surface area contributed by atoms with E-state index in [4.69, 9.17) is 0 Å². The standard InChI is InChI=1S/C9H13N3/c1-4-7-12(3)9-10-6-5-8(2)11-9/h4-6H,1,7H2,2-3H3. The highest BCUT2D eigenvalue weighted by Crippen LogP contribution is 2.03. The van der Waals surface area contributed by atoms with Crippen LogP contribution in [0.15, 0.2) is 24.9 Å². The third kappa shape index (κ3) is 2.05. The first-order valence-electron chi connectivity index (χ1n) is 3.85. The molecule has 3 heteroatoms. The normalized spacial score (nSPS) is 9.50. The Hall–Kier alpha value is -1.38. The van der Waals surface area contributed by atoms with Crippen LogP contribution in [-0.4, -0.2) is 23.6 Å². The molecule has 0 saturated heterocycles. The van der Waals surface area contributed by atoms with Crippen molar-refractivity contribution in [2.75, 3.05) is 18.5 Å². The topological polar surface area (TPSA) is 29.0 Å². The Morgan fingerprint density at radius 1 is 1.67 bits per heavy atom. The van der Waals surface area contributed by atoms with Gasteiger partial charge in [0.25, 0.3) is 0 Å². The number of nitrogens with zero attached hydrogens (tertiary/aromatic N) is 3. The summed E-state index contributed by atoms with van der Waals surface area (Å²) in [5.74, 6) is 0.745. The molecule has 12 heavy (non-hydrogen) atoms. The van der Waals surface area contributed by atoms with Crippen LogP contribution in [0.3, 0.4) is 0 Å². The molecule has 1 aromatic heterocycles. The third-order valence-corrected chi connectivity index (χ3v) is 1.53. The Bertz CT molecular complexity index is 270. The molecule has 0 aliphatic heterocycles. The van der Waals surface area contributed by atoms with Crippen molar-refractivity contribution >= 4 is 5.95 Å². The fourth-order valence-corrected chi connectivity index (χ4v) is 0.895. The molecule has 0 aliphatic carbocycles. The van der Waals surface area contributed by atoms with Crippen LogP contribution in [0.25, 0.3) is 0 Å². The van der Waals surface area contributed by atoms with Crippen LogP contribution < -0.4 is 4.90 Å². The number of hydrogen-bond acceptors (Lipinski definition) is 3. The average molecular weight is 163 g/mol. The van der Waals surface area contributed by atoms with Gasteiger partial charge in [-0.3, -0.25) is 0 Å². The summed E-state index contributed by atoms with van der Waals surface area (Å²) in [6, 6.07) is 1.88. The lowest BCUT2D eigenvalue weighted by molar-refractivity contribution is 0.929. The highest BCUT2D eigenvalue weighted by Gasteiger charge is 2.00. The zero-order valence-electron chi connectivity index (χ0n) is 7.49. The van der Waals surface area contributed by atoms with Crippen molar-refractivity contribution in [2.24, 2.45) is 0 Å². The van der Waals surface area contributed by atoms with E-state index in [2.05, 4.69) is 16.5 Å². The van der Waals surface area contributed by atoms with E-state index < -0.39 is 0 Å². The Morgan fingerprint density at radius 2 is 2.42 bits per heavy atom. The van der Waals surface area contributed by atoms with Crippen molar-refractivity contribution in [3.63, 3.8) is 0 Å². The zero-order chi connectivity index (χ0) is 8.97. The highest BCUT2D eigenvalue weighted by atomic mass is 15.2. The molecular formula is C9H13N3. The summed E-state index contributed by atoms with van der Waals surface area (Å²) in [5.41, 5.74) is 0.982. The smallest absolute Gasteiger partial charge is 0.225 e. The molecule has 0 atom stereocenters. The Morgan fingerprint density at radius 3 is 3.00 bits per heavy atom.